The Morgan fingerprint density at radius 1 is 1.62 bits per heavy atom. The van der Waals surface area contributed by atoms with Crippen molar-refractivity contribution in [3.63, 3.8) is 0 Å². The first-order valence-corrected chi connectivity index (χ1v) is 2.13. The zero-order chi connectivity index (χ0) is 5.82. The van der Waals surface area contributed by atoms with E-state index in [2.05, 4.69) is 20.4 Å². The van der Waals surface area contributed by atoms with Crippen molar-refractivity contribution >= 4 is 0 Å². The molecule has 0 fully saturated rings. The molecule has 1 aromatic heterocycles. The van der Waals surface area contributed by atoms with E-state index in [1.165, 1.54) is 6.33 Å². The van der Waals surface area contributed by atoms with E-state index in [0.29, 0.717) is 12.4 Å². The molecule has 0 spiro atoms. The minimum absolute atomic E-state index is 0.315. The Bertz CT molecular complexity index is 149. The summed E-state index contributed by atoms with van der Waals surface area (Å²) in [4.78, 5) is 3.69. The molecule has 1 aromatic rings. The lowest BCUT2D eigenvalue weighted by Gasteiger charge is -1.85. The molecule has 2 N–H and O–H groups in total. The third-order valence-electron chi connectivity index (χ3n) is 0.653. The molecular formula is C3H5N5. The second-order valence-electron chi connectivity index (χ2n) is 1.17. The monoisotopic (exact) mass is 111 g/mol. The van der Waals surface area contributed by atoms with Gasteiger partial charge in [0, 0.05) is 0 Å². The van der Waals surface area contributed by atoms with Crippen molar-refractivity contribution < 1.29 is 0 Å². The molecule has 0 saturated heterocycles. The quantitative estimate of drug-likeness (QED) is 0.488. The van der Waals surface area contributed by atoms with Crippen LogP contribution in [0.4, 0.5) is 0 Å². The van der Waals surface area contributed by atoms with Crippen LogP contribution in [0.1, 0.15) is 5.82 Å². The van der Waals surface area contributed by atoms with E-state index in [4.69, 9.17) is 5.73 Å². The predicted molar refractivity (Wildman–Crippen MR) is 25.5 cm³/mol. The Hall–Kier alpha value is -1.10. The van der Waals surface area contributed by atoms with Gasteiger partial charge >= 0.3 is 0 Å². The van der Waals surface area contributed by atoms with Gasteiger partial charge in [-0.05, 0) is 5.21 Å². The molecule has 5 heteroatoms. The van der Waals surface area contributed by atoms with E-state index >= 15 is 0 Å². The molecule has 0 aliphatic rings. The third kappa shape index (κ3) is 0.941. The fourth-order valence-corrected chi connectivity index (χ4v) is 0.312. The highest BCUT2D eigenvalue weighted by Crippen LogP contribution is 1.74. The van der Waals surface area contributed by atoms with Crippen LogP contribution in [0, 0.1) is 0 Å². The predicted octanol–water partition coefficient (Wildman–Crippen LogP) is -1.27. The fourth-order valence-electron chi connectivity index (χ4n) is 0.312. The Balaban J connectivity index is 2.83. The van der Waals surface area contributed by atoms with Crippen molar-refractivity contribution in [2.45, 2.75) is 6.54 Å². The number of aromatic nitrogens is 4. The van der Waals surface area contributed by atoms with Crippen LogP contribution in [0.15, 0.2) is 6.33 Å². The minimum atomic E-state index is 0.315. The molecule has 0 amide bonds. The normalized spacial score (nSPS) is 9.12. The molecule has 0 atom stereocenters. The molecule has 0 aliphatic carbocycles. The van der Waals surface area contributed by atoms with Gasteiger partial charge in [0.05, 0.1) is 6.54 Å². The van der Waals surface area contributed by atoms with E-state index in [-0.39, 0.29) is 0 Å². The summed E-state index contributed by atoms with van der Waals surface area (Å²) in [5.41, 5.74) is 5.16. The summed E-state index contributed by atoms with van der Waals surface area (Å²) in [5, 5.41) is 10.2. The van der Waals surface area contributed by atoms with Gasteiger partial charge in [-0.3, -0.25) is 0 Å². The Labute approximate surface area is 46.0 Å². The zero-order valence-corrected chi connectivity index (χ0v) is 4.15. The summed E-state index contributed by atoms with van der Waals surface area (Å²) in [5.74, 6) is 0.514. The summed E-state index contributed by atoms with van der Waals surface area (Å²) >= 11 is 0. The van der Waals surface area contributed by atoms with E-state index in [0.717, 1.165) is 0 Å². The highest BCUT2D eigenvalue weighted by molar-refractivity contribution is 4.73. The second-order valence-corrected chi connectivity index (χ2v) is 1.17. The lowest BCUT2D eigenvalue weighted by Crippen LogP contribution is -2.04. The molecule has 5 nitrogen and oxygen atoms in total. The summed E-state index contributed by atoms with van der Waals surface area (Å²) in [6.07, 6.45) is 1.31. The van der Waals surface area contributed by atoms with Crippen LogP contribution >= 0.6 is 0 Å². The molecule has 0 unspecified atom stereocenters. The fraction of sp³-hybridized carbons (Fsp3) is 0.333. The van der Waals surface area contributed by atoms with Gasteiger partial charge in [-0.25, -0.2) is 4.98 Å². The SMILES string of the molecule is NCc1ncnnn1. The molecule has 0 aromatic carbocycles. The first-order chi connectivity index (χ1) is 3.93. The topological polar surface area (TPSA) is 77.6 Å². The van der Waals surface area contributed by atoms with Crippen molar-refractivity contribution in [2.24, 2.45) is 5.73 Å². The lowest BCUT2D eigenvalue weighted by atomic mass is 10.6. The van der Waals surface area contributed by atoms with Crippen molar-refractivity contribution in [3.05, 3.63) is 12.2 Å². The number of nitrogens with two attached hydrogens (primary N) is 1. The van der Waals surface area contributed by atoms with Crippen molar-refractivity contribution in [3.8, 4) is 0 Å². The number of rotatable bonds is 1. The Kier molecular flexibility index (Phi) is 1.43. The zero-order valence-electron chi connectivity index (χ0n) is 4.15. The van der Waals surface area contributed by atoms with Crippen LogP contribution in [-0.4, -0.2) is 20.4 Å². The lowest BCUT2D eigenvalue weighted by molar-refractivity contribution is 0.745. The molecule has 0 saturated carbocycles. The average molecular weight is 111 g/mol. The van der Waals surface area contributed by atoms with Gasteiger partial charge < -0.3 is 5.73 Å². The average Bonchev–Trinajstić information content (AvgIpc) is 1.90. The van der Waals surface area contributed by atoms with E-state index in [9.17, 15) is 0 Å². The van der Waals surface area contributed by atoms with Crippen molar-refractivity contribution in [2.75, 3.05) is 0 Å². The largest absolute Gasteiger partial charge is 0.324 e. The molecule has 1 heterocycles. The van der Waals surface area contributed by atoms with E-state index in [1.54, 1.807) is 0 Å². The minimum Gasteiger partial charge on any atom is -0.324 e. The second kappa shape index (κ2) is 2.27. The van der Waals surface area contributed by atoms with E-state index in [1.807, 2.05) is 0 Å². The standard InChI is InChI=1S/C3H5N5/c4-1-3-5-2-6-8-7-3/h2H,1,4H2. The number of hydrogen-bond acceptors (Lipinski definition) is 5. The summed E-state index contributed by atoms with van der Waals surface area (Å²) in [6.45, 7) is 0.315. The van der Waals surface area contributed by atoms with Gasteiger partial charge in [-0.2, -0.15) is 0 Å². The molecule has 0 radical (unpaired) electrons. The molecule has 8 heavy (non-hydrogen) atoms. The molecule has 0 bridgehead atoms. The van der Waals surface area contributed by atoms with Crippen LogP contribution in [0.2, 0.25) is 0 Å². The molecular weight excluding hydrogens is 106 g/mol. The first-order valence-electron chi connectivity index (χ1n) is 2.13. The van der Waals surface area contributed by atoms with Gasteiger partial charge in [0.15, 0.2) is 5.82 Å². The highest BCUT2D eigenvalue weighted by Gasteiger charge is 1.86. The van der Waals surface area contributed by atoms with Gasteiger partial charge in [0.25, 0.3) is 0 Å². The van der Waals surface area contributed by atoms with Crippen LogP contribution < -0.4 is 5.73 Å². The maximum absolute atomic E-state index is 5.16. The van der Waals surface area contributed by atoms with Crippen LogP contribution in [0.3, 0.4) is 0 Å². The first kappa shape index (κ1) is 5.04. The number of nitrogens with zero attached hydrogens (tertiary/aromatic N) is 4. The summed E-state index contributed by atoms with van der Waals surface area (Å²) in [6, 6.07) is 0. The van der Waals surface area contributed by atoms with Crippen molar-refractivity contribution in [1.82, 2.24) is 20.4 Å². The van der Waals surface area contributed by atoms with Gasteiger partial charge in [0.1, 0.15) is 6.33 Å². The maximum Gasteiger partial charge on any atom is 0.168 e. The van der Waals surface area contributed by atoms with Crippen LogP contribution in [-0.2, 0) is 6.54 Å². The maximum atomic E-state index is 5.16. The Morgan fingerprint density at radius 3 is 2.88 bits per heavy atom. The summed E-state index contributed by atoms with van der Waals surface area (Å²) in [7, 11) is 0. The molecule has 42 valence electrons. The van der Waals surface area contributed by atoms with Crippen LogP contribution in [0.5, 0.6) is 0 Å². The third-order valence-corrected chi connectivity index (χ3v) is 0.653. The van der Waals surface area contributed by atoms with Gasteiger partial charge in [-0.15, -0.1) is 10.2 Å². The van der Waals surface area contributed by atoms with Crippen molar-refractivity contribution in [1.29, 1.82) is 0 Å². The molecule has 0 aliphatic heterocycles. The Morgan fingerprint density at radius 2 is 2.50 bits per heavy atom. The van der Waals surface area contributed by atoms with Gasteiger partial charge in [-0.1, -0.05) is 0 Å². The molecule has 1 rings (SSSR count). The summed E-state index contributed by atoms with van der Waals surface area (Å²) < 4.78 is 0. The number of hydrogen-bond donors (Lipinski definition) is 1. The highest BCUT2D eigenvalue weighted by atomic mass is 15.3. The van der Waals surface area contributed by atoms with Gasteiger partial charge in [0.2, 0.25) is 0 Å². The van der Waals surface area contributed by atoms with Crippen LogP contribution in [0.25, 0.3) is 0 Å². The van der Waals surface area contributed by atoms with E-state index < -0.39 is 0 Å². The smallest absolute Gasteiger partial charge is 0.168 e.